The molecule has 98 valence electrons. The summed E-state index contributed by atoms with van der Waals surface area (Å²) in [5.74, 6) is 0.251. The lowest BCUT2D eigenvalue weighted by Crippen LogP contribution is -2.43. The van der Waals surface area contributed by atoms with Crippen LogP contribution in [0.15, 0.2) is 0 Å². The summed E-state index contributed by atoms with van der Waals surface area (Å²) >= 11 is 0. The Morgan fingerprint density at radius 3 is 2.53 bits per heavy atom. The number of nitrogens with one attached hydrogen (secondary N) is 1. The van der Waals surface area contributed by atoms with E-state index in [9.17, 15) is 9.59 Å². The van der Waals surface area contributed by atoms with Crippen molar-refractivity contribution in [2.45, 2.75) is 32.6 Å². The molecule has 0 radical (unpaired) electrons. The van der Waals surface area contributed by atoms with Gasteiger partial charge in [-0.2, -0.15) is 0 Å². The molecular formula is C12H22N2O3. The minimum atomic E-state index is 0.0228. The number of carbonyl (C=O) groups excluding carboxylic acids is 2. The highest BCUT2D eigenvalue weighted by Gasteiger charge is 2.26. The van der Waals surface area contributed by atoms with Gasteiger partial charge in [0.2, 0.25) is 11.8 Å². The molecule has 0 unspecified atom stereocenters. The molecule has 17 heavy (non-hydrogen) atoms. The Morgan fingerprint density at radius 2 is 2.00 bits per heavy atom. The number of piperidine rings is 1. The number of hydrogen-bond acceptors (Lipinski definition) is 3. The van der Waals surface area contributed by atoms with E-state index in [4.69, 9.17) is 5.11 Å². The maximum atomic E-state index is 11.7. The Bertz CT molecular complexity index is 260. The quantitative estimate of drug-likeness (QED) is 0.673. The molecule has 5 nitrogen and oxygen atoms in total. The van der Waals surface area contributed by atoms with E-state index in [1.165, 1.54) is 0 Å². The maximum Gasteiger partial charge on any atom is 0.223 e. The third-order valence-corrected chi connectivity index (χ3v) is 3.16. The predicted octanol–water partition coefficient (Wildman–Crippen LogP) is 0.134. The smallest absolute Gasteiger partial charge is 0.223 e. The number of likely N-dealkylation sites (tertiary alicyclic amines) is 1. The summed E-state index contributed by atoms with van der Waals surface area (Å²) in [4.78, 5) is 25.0. The third-order valence-electron chi connectivity index (χ3n) is 3.16. The van der Waals surface area contributed by atoms with Gasteiger partial charge in [0.25, 0.3) is 0 Å². The molecule has 0 saturated carbocycles. The summed E-state index contributed by atoms with van der Waals surface area (Å²) in [6.45, 7) is 3.86. The van der Waals surface area contributed by atoms with Crippen LogP contribution in [0.3, 0.4) is 0 Å². The van der Waals surface area contributed by atoms with Crippen LogP contribution in [0.4, 0.5) is 0 Å². The van der Waals surface area contributed by atoms with Crippen molar-refractivity contribution >= 4 is 11.8 Å². The zero-order valence-electron chi connectivity index (χ0n) is 10.4. The number of aliphatic hydroxyl groups excluding tert-OH is 1. The summed E-state index contributed by atoms with van der Waals surface area (Å²) in [7, 11) is 0. The summed E-state index contributed by atoms with van der Waals surface area (Å²) in [6.07, 6.45) is 2.62. The molecule has 1 aliphatic heterocycles. The van der Waals surface area contributed by atoms with Crippen LogP contribution >= 0.6 is 0 Å². The van der Waals surface area contributed by atoms with Crippen molar-refractivity contribution in [1.29, 1.82) is 0 Å². The van der Waals surface area contributed by atoms with Crippen LogP contribution in [0.5, 0.6) is 0 Å². The summed E-state index contributed by atoms with van der Waals surface area (Å²) in [5.41, 5.74) is 0. The van der Waals surface area contributed by atoms with Crippen LogP contribution in [0, 0.1) is 5.92 Å². The number of rotatable bonds is 5. The molecule has 0 aromatic rings. The molecule has 1 rings (SSSR count). The lowest BCUT2D eigenvalue weighted by atomic mass is 9.95. The maximum absolute atomic E-state index is 11.7. The zero-order chi connectivity index (χ0) is 12.7. The van der Waals surface area contributed by atoms with E-state index in [1.54, 1.807) is 0 Å². The van der Waals surface area contributed by atoms with Crippen LogP contribution in [-0.2, 0) is 9.59 Å². The number of carbonyl (C=O) groups is 2. The molecule has 1 aliphatic rings. The van der Waals surface area contributed by atoms with Gasteiger partial charge in [0.1, 0.15) is 0 Å². The van der Waals surface area contributed by atoms with Crippen molar-refractivity contribution < 1.29 is 14.7 Å². The van der Waals surface area contributed by atoms with E-state index in [1.807, 2.05) is 11.8 Å². The van der Waals surface area contributed by atoms with Crippen LogP contribution in [0.1, 0.15) is 32.6 Å². The molecule has 1 fully saturated rings. The molecule has 0 aromatic heterocycles. The van der Waals surface area contributed by atoms with Gasteiger partial charge in [-0.3, -0.25) is 9.59 Å². The monoisotopic (exact) mass is 242 g/mol. The second kappa shape index (κ2) is 7.27. The first kappa shape index (κ1) is 14.0. The average Bonchev–Trinajstić information content (AvgIpc) is 2.38. The first-order chi connectivity index (χ1) is 8.19. The molecule has 1 heterocycles. The largest absolute Gasteiger partial charge is 0.396 e. The van der Waals surface area contributed by atoms with Crippen LogP contribution in [0.25, 0.3) is 0 Å². The predicted molar refractivity (Wildman–Crippen MR) is 64.3 cm³/mol. The molecular weight excluding hydrogens is 220 g/mol. The van der Waals surface area contributed by atoms with Crippen LogP contribution in [-0.4, -0.2) is 48.1 Å². The number of hydrogen-bond donors (Lipinski definition) is 2. The zero-order valence-corrected chi connectivity index (χ0v) is 10.4. The molecule has 0 aliphatic carbocycles. The van der Waals surface area contributed by atoms with E-state index >= 15 is 0 Å². The number of nitrogens with zero attached hydrogens (tertiary/aromatic N) is 1. The van der Waals surface area contributed by atoms with Crippen LogP contribution in [0.2, 0.25) is 0 Å². The Kier molecular flexibility index (Phi) is 5.97. The van der Waals surface area contributed by atoms with E-state index in [0.29, 0.717) is 32.5 Å². The van der Waals surface area contributed by atoms with Gasteiger partial charge >= 0.3 is 0 Å². The first-order valence-electron chi connectivity index (χ1n) is 6.35. The second-order valence-corrected chi connectivity index (χ2v) is 4.38. The summed E-state index contributed by atoms with van der Waals surface area (Å²) in [5, 5.41) is 11.4. The van der Waals surface area contributed by atoms with Crippen molar-refractivity contribution in [3.8, 4) is 0 Å². The van der Waals surface area contributed by atoms with Gasteiger partial charge in [-0.05, 0) is 19.3 Å². The molecule has 0 aromatic carbocycles. The highest BCUT2D eigenvalue weighted by Crippen LogP contribution is 2.17. The normalized spacial score (nSPS) is 16.9. The topological polar surface area (TPSA) is 69.6 Å². The third kappa shape index (κ3) is 4.34. The lowest BCUT2D eigenvalue weighted by Gasteiger charge is -2.31. The van der Waals surface area contributed by atoms with Gasteiger partial charge < -0.3 is 15.3 Å². The van der Waals surface area contributed by atoms with Crippen molar-refractivity contribution in [2.24, 2.45) is 5.92 Å². The molecule has 2 N–H and O–H groups in total. The molecule has 0 atom stereocenters. The Balaban J connectivity index is 2.26. The second-order valence-electron chi connectivity index (χ2n) is 4.38. The van der Waals surface area contributed by atoms with Crippen LogP contribution < -0.4 is 5.32 Å². The number of amides is 2. The van der Waals surface area contributed by atoms with E-state index in [-0.39, 0.29) is 24.3 Å². The minimum Gasteiger partial charge on any atom is -0.396 e. The van der Waals surface area contributed by atoms with Gasteiger partial charge in [-0.1, -0.05) is 6.92 Å². The van der Waals surface area contributed by atoms with E-state index in [0.717, 1.165) is 12.8 Å². The SMILES string of the molecule is CCC(=O)N1CCC(C(=O)NCCCO)CC1. The Morgan fingerprint density at radius 1 is 1.35 bits per heavy atom. The first-order valence-corrected chi connectivity index (χ1v) is 6.35. The lowest BCUT2D eigenvalue weighted by molar-refractivity contribution is -0.135. The van der Waals surface area contributed by atoms with Gasteiger partial charge in [-0.25, -0.2) is 0 Å². The van der Waals surface area contributed by atoms with Crippen molar-refractivity contribution in [1.82, 2.24) is 10.2 Å². The van der Waals surface area contributed by atoms with Gasteiger partial charge in [0, 0.05) is 38.6 Å². The van der Waals surface area contributed by atoms with E-state index in [2.05, 4.69) is 5.32 Å². The Labute approximate surface area is 102 Å². The molecule has 2 amide bonds. The fourth-order valence-electron chi connectivity index (χ4n) is 2.05. The fourth-order valence-corrected chi connectivity index (χ4v) is 2.05. The molecule has 1 saturated heterocycles. The number of aliphatic hydroxyl groups is 1. The van der Waals surface area contributed by atoms with Crippen molar-refractivity contribution in [2.75, 3.05) is 26.2 Å². The summed E-state index contributed by atoms with van der Waals surface area (Å²) < 4.78 is 0. The Hall–Kier alpha value is -1.10. The van der Waals surface area contributed by atoms with E-state index < -0.39 is 0 Å². The van der Waals surface area contributed by atoms with Gasteiger partial charge in [-0.15, -0.1) is 0 Å². The molecule has 0 spiro atoms. The minimum absolute atomic E-state index is 0.0228. The van der Waals surface area contributed by atoms with Gasteiger partial charge in [0.15, 0.2) is 0 Å². The standard InChI is InChI=1S/C12H22N2O3/c1-2-11(16)14-7-4-10(5-8-14)12(17)13-6-3-9-15/h10,15H,2-9H2,1H3,(H,13,17). The van der Waals surface area contributed by atoms with Crippen molar-refractivity contribution in [3.05, 3.63) is 0 Å². The van der Waals surface area contributed by atoms with Crippen molar-refractivity contribution in [3.63, 3.8) is 0 Å². The molecule has 5 heteroatoms. The fraction of sp³-hybridized carbons (Fsp3) is 0.833. The van der Waals surface area contributed by atoms with Gasteiger partial charge in [0.05, 0.1) is 0 Å². The average molecular weight is 242 g/mol. The highest BCUT2D eigenvalue weighted by molar-refractivity contribution is 5.80. The molecule has 0 bridgehead atoms. The highest BCUT2D eigenvalue weighted by atomic mass is 16.3. The summed E-state index contributed by atoms with van der Waals surface area (Å²) in [6, 6.07) is 0.